The van der Waals surface area contributed by atoms with Crippen LogP contribution < -0.4 is 0 Å². The molecule has 0 unspecified atom stereocenters. The normalized spacial score (nSPS) is 13.2. The minimum Gasteiger partial charge on any atom is -0.449 e. The molecule has 0 amide bonds. The van der Waals surface area contributed by atoms with Crippen molar-refractivity contribution in [1.82, 2.24) is 0 Å². The van der Waals surface area contributed by atoms with Crippen LogP contribution in [-0.4, -0.2) is 32.0 Å². The smallest absolute Gasteiger partial charge is 0.449 e. The van der Waals surface area contributed by atoms with Gasteiger partial charge in [0, 0.05) is 16.8 Å². The molecular formula is C24H51AlO3. The zero-order valence-electron chi connectivity index (χ0n) is 20.8. The maximum atomic E-state index is 6.79. The minimum absolute atomic E-state index is 0.140. The molecule has 0 spiro atoms. The summed E-state index contributed by atoms with van der Waals surface area (Å²) >= 11 is -2.30. The van der Waals surface area contributed by atoms with Crippen LogP contribution in [0.2, 0.25) is 0 Å². The van der Waals surface area contributed by atoms with Gasteiger partial charge in [0.2, 0.25) is 0 Å². The molecule has 0 aromatic carbocycles. The van der Waals surface area contributed by atoms with Gasteiger partial charge in [-0.3, -0.25) is 0 Å². The number of hydrogen-bond donors (Lipinski definition) is 0. The Bertz CT molecular complexity index is 311. The molecule has 28 heavy (non-hydrogen) atoms. The van der Waals surface area contributed by atoms with Gasteiger partial charge in [-0.2, -0.15) is 0 Å². The Morgan fingerprint density at radius 1 is 0.429 bits per heavy atom. The summed E-state index contributed by atoms with van der Waals surface area (Å²) in [7, 11) is 0. The first kappa shape index (κ1) is 28.4. The van der Waals surface area contributed by atoms with Gasteiger partial charge >= 0.3 is 15.1 Å². The fraction of sp³-hybridized carbons (Fsp3) is 1.00. The summed E-state index contributed by atoms with van der Waals surface area (Å²) in [6, 6.07) is 0. The second-order valence-electron chi connectivity index (χ2n) is 9.49. The average Bonchev–Trinajstić information content (AvgIpc) is 2.55. The topological polar surface area (TPSA) is 27.7 Å². The lowest BCUT2D eigenvalue weighted by atomic mass is 9.95. The molecule has 168 valence electrons. The van der Waals surface area contributed by atoms with E-state index in [2.05, 4.69) is 62.3 Å². The molecule has 3 nitrogen and oxygen atoms in total. The molecule has 0 aromatic heterocycles. The third kappa shape index (κ3) is 11.0. The van der Waals surface area contributed by atoms with Gasteiger partial charge < -0.3 is 11.4 Å². The standard InChI is InChI=1S/3C8H17O.Al/c3*1-4-6-8(3,9)7-5-2;/h3*4-7H2,1-3H3;/q3*-1;+3. The van der Waals surface area contributed by atoms with Crippen molar-refractivity contribution in [3.05, 3.63) is 0 Å². The van der Waals surface area contributed by atoms with Crippen LogP contribution in [0.5, 0.6) is 0 Å². The third-order valence-corrected chi connectivity index (χ3v) is 8.10. The predicted molar refractivity (Wildman–Crippen MR) is 124 cm³/mol. The Morgan fingerprint density at radius 2 is 0.607 bits per heavy atom. The summed E-state index contributed by atoms with van der Waals surface area (Å²) in [5, 5.41) is 0. The van der Waals surface area contributed by atoms with Crippen LogP contribution in [0.3, 0.4) is 0 Å². The highest BCUT2D eigenvalue weighted by Gasteiger charge is 2.47. The second kappa shape index (κ2) is 14.4. The van der Waals surface area contributed by atoms with E-state index < -0.39 is 15.1 Å². The SMILES string of the molecule is CCCC(C)(CCC)[O][Al]([O]C(C)(CCC)CCC)[O]C(C)(CCC)CCC. The maximum absolute atomic E-state index is 6.79. The molecule has 0 radical (unpaired) electrons. The van der Waals surface area contributed by atoms with Crippen molar-refractivity contribution in [3.63, 3.8) is 0 Å². The molecule has 0 rings (SSSR count). The van der Waals surface area contributed by atoms with E-state index in [0.717, 1.165) is 77.0 Å². The van der Waals surface area contributed by atoms with E-state index in [0.29, 0.717) is 0 Å². The fourth-order valence-corrected chi connectivity index (χ4v) is 6.92. The van der Waals surface area contributed by atoms with Gasteiger partial charge in [-0.1, -0.05) is 80.1 Å². The quantitative estimate of drug-likeness (QED) is 0.212. The van der Waals surface area contributed by atoms with E-state index in [9.17, 15) is 0 Å². The Morgan fingerprint density at radius 3 is 0.750 bits per heavy atom. The van der Waals surface area contributed by atoms with Gasteiger partial charge in [0.25, 0.3) is 0 Å². The van der Waals surface area contributed by atoms with E-state index in [1.807, 2.05) is 0 Å². The first-order chi connectivity index (χ1) is 13.1. The Balaban J connectivity index is 5.66. The zero-order chi connectivity index (χ0) is 21.7. The van der Waals surface area contributed by atoms with E-state index in [1.165, 1.54) is 0 Å². The summed E-state index contributed by atoms with van der Waals surface area (Å²) in [6.07, 6.45) is 13.1. The van der Waals surface area contributed by atoms with Crippen molar-refractivity contribution in [2.24, 2.45) is 0 Å². The van der Waals surface area contributed by atoms with Crippen molar-refractivity contribution in [3.8, 4) is 0 Å². The highest BCUT2D eigenvalue weighted by molar-refractivity contribution is 6.36. The molecule has 0 saturated heterocycles. The number of rotatable bonds is 18. The molecule has 0 saturated carbocycles. The van der Waals surface area contributed by atoms with Crippen molar-refractivity contribution in [1.29, 1.82) is 0 Å². The fourth-order valence-electron chi connectivity index (χ4n) is 4.67. The van der Waals surface area contributed by atoms with Gasteiger partial charge in [-0.25, -0.2) is 0 Å². The van der Waals surface area contributed by atoms with Crippen LogP contribution >= 0.6 is 0 Å². The van der Waals surface area contributed by atoms with Gasteiger partial charge in [0.1, 0.15) is 0 Å². The first-order valence-corrected chi connectivity index (χ1v) is 13.6. The van der Waals surface area contributed by atoms with Crippen molar-refractivity contribution in [2.45, 2.75) is 156 Å². The van der Waals surface area contributed by atoms with Crippen LogP contribution in [-0.2, 0) is 11.4 Å². The van der Waals surface area contributed by atoms with Crippen molar-refractivity contribution >= 4 is 15.1 Å². The number of hydrogen-bond acceptors (Lipinski definition) is 3. The zero-order valence-corrected chi connectivity index (χ0v) is 21.9. The Hall–Kier alpha value is 0.412. The van der Waals surface area contributed by atoms with Crippen molar-refractivity contribution < 1.29 is 11.4 Å². The molecule has 0 fully saturated rings. The summed E-state index contributed by atoms with van der Waals surface area (Å²) in [5.74, 6) is 0. The molecule has 0 bridgehead atoms. The second-order valence-corrected chi connectivity index (χ2v) is 10.8. The summed E-state index contributed by atoms with van der Waals surface area (Å²) in [6.45, 7) is 20.2. The van der Waals surface area contributed by atoms with Crippen LogP contribution in [0.15, 0.2) is 0 Å². The molecule has 4 heteroatoms. The molecule has 0 atom stereocenters. The molecule has 0 heterocycles. The lowest BCUT2D eigenvalue weighted by Crippen LogP contribution is -2.49. The van der Waals surface area contributed by atoms with Crippen LogP contribution in [0.1, 0.15) is 139 Å². The monoisotopic (exact) mass is 414 g/mol. The minimum atomic E-state index is -2.30. The van der Waals surface area contributed by atoms with Gasteiger partial charge in [-0.05, 0) is 59.3 Å². The summed E-state index contributed by atoms with van der Waals surface area (Å²) in [5.41, 5.74) is -0.419. The molecule has 0 N–H and O–H groups in total. The first-order valence-electron chi connectivity index (χ1n) is 12.2. The van der Waals surface area contributed by atoms with Crippen LogP contribution in [0.4, 0.5) is 0 Å². The Kier molecular flexibility index (Phi) is 14.6. The van der Waals surface area contributed by atoms with E-state index in [4.69, 9.17) is 11.4 Å². The molecule has 0 aliphatic carbocycles. The largest absolute Gasteiger partial charge is 0.906 e. The van der Waals surface area contributed by atoms with Crippen LogP contribution in [0, 0.1) is 0 Å². The average molecular weight is 415 g/mol. The predicted octanol–water partition coefficient (Wildman–Crippen LogP) is 8.10. The molecular weight excluding hydrogens is 363 g/mol. The molecule has 0 aliphatic rings. The van der Waals surface area contributed by atoms with E-state index in [1.54, 1.807) is 0 Å². The van der Waals surface area contributed by atoms with Gasteiger partial charge in [0.05, 0.1) is 0 Å². The van der Waals surface area contributed by atoms with Crippen molar-refractivity contribution in [2.75, 3.05) is 0 Å². The summed E-state index contributed by atoms with van der Waals surface area (Å²) in [4.78, 5) is 0. The van der Waals surface area contributed by atoms with E-state index >= 15 is 0 Å². The lowest BCUT2D eigenvalue weighted by Gasteiger charge is -2.41. The maximum Gasteiger partial charge on any atom is 0.906 e. The third-order valence-electron chi connectivity index (χ3n) is 5.82. The van der Waals surface area contributed by atoms with Gasteiger partial charge in [-0.15, -0.1) is 0 Å². The summed E-state index contributed by atoms with van der Waals surface area (Å²) < 4.78 is 20.4. The van der Waals surface area contributed by atoms with Crippen LogP contribution in [0.25, 0.3) is 0 Å². The Labute approximate surface area is 182 Å². The van der Waals surface area contributed by atoms with Gasteiger partial charge in [0.15, 0.2) is 0 Å². The van der Waals surface area contributed by atoms with E-state index in [-0.39, 0.29) is 16.8 Å². The molecule has 0 aromatic rings. The molecule has 0 aliphatic heterocycles. The highest BCUT2D eigenvalue weighted by atomic mass is 27.3. The lowest BCUT2D eigenvalue weighted by molar-refractivity contribution is -0.0903. The highest BCUT2D eigenvalue weighted by Crippen LogP contribution is 2.33.